The first-order valence-corrected chi connectivity index (χ1v) is 12.1. The number of rotatable bonds is 6. The Bertz CT molecular complexity index is 1180. The predicted molar refractivity (Wildman–Crippen MR) is 139 cm³/mol. The van der Waals surface area contributed by atoms with Crippen molar-refractivity contribution in [3.63, 3.8) is 0 Å². The topological polar surface area (TPSA) is 61.9 Å². The average molecular weight is 543 g/mol. The lowest BCUT2D eigenvalue weighted by atomic mass is 10.1. The number of carbonyl (C=O) groups is 2. The van der Waals surface area contributed by atoms with E-state index in [4.69, 9.17) is 16.3 Å². The normalized spacial score (nSPS) is 14.0. The standard InChI is InChI=1S/C26H25BrClN3O3/c1-34-26(33)19-7-10-24(23(15-19)29-25(32)21-16-20(27)8-9-22(21)28)31-13-11-30(12-14-31)17-18-5-3-2-4-6-18/h2-10,15-16H,11-14,17H2,1H3,(H,29,32). The van der Waals surface area contributed by atoms with Crippen molar-refractivity contribution < 1.29 is 14.3 Å². The van der Waals surface area contributed by atoms with Gasteiger partial charge in [0.25, 0.3) is 5.91 Å². The molecule has 0 saturated carbocycles. The summed E-state index contributed by atoms with van der Waals surface area (Å²) in [6.07, 6.45) is 0. The second-order valence-corrected chi connectivity index (χ2v) is 9.37. The van der Waals surface area contributed by atoms with Crippen molar-refractivity contribution >= 4 is 50.8 Å². The van der Waals surface area contributed by atoms with Crippen LogP contribution in [0.2, 0.25) is 5.02 Å². The Morgan fingerprint density at radius 2 is 1.74 bits per heavy atom. The predicted octanol–water partition coefficient (Wildman–Crippen LogP) is 5.46. The summed E-state index contributed by atoms with van der Waals surface area (Å²) in [5.74, 6) is -0.813. The third kappa shape index (κ3) is 5.78. The molecule has 0 aliphatic carbocycles. The molecular weight excluding hydrogens is 518 g/mol. The van der Waals surface area contributed by atoms with Crippen LogP contribution in [0.4, 0.5) is 11.4 Å². The van der Waals surface area contributed by atoms with E-state index in [0.29, 0.717) is 21.8 Å². The maximum atomic E-state index is 13.1. The number of esters is 1. The molecule has 3 aromatic rings. The number of hydrogen-bond acceptors (Lipinski definition) is 5. The van der Waals surface area contributed by atoms with E-state index in [1.807, 2.05) is 12.1 Å². The second kappa shape index (κ2) is 11.0. The molecule has 6 nitrogen and oxygen atoms in total. The summed E-state index contributed by atoms with van der Waals surface area (Å²) in [5, 5.41) is 3.30. The van der Waals surface area contributed by atoms with Crippen molar-refractivity contribution in [1.29, 1.82) is 0 Å². The first kappa shape index (κ1) is 24.3. The summed E-state index contributed by atoms with van der Waals surface area (Å²) < 4.78 is 5.62. The number of amides is 1. The lowest BCUT2D eigenvalue weighted by molar-refractivity contribution is 0.0600. The molecule has 1 amide bonds. The Morgan fingerprint density at radius 3 is 2.44 bits per heavy atom. The van der Waals surface area contributed by atoms with Gasteiger partial charge in [0.15, 0.2) is 0 Å². The highest BCUT2D eigenvalue weighted by Gasteiger charge is 2.22. The van der Waals surface area contributed by atoms with Gasteiger partial charge in [-0.2, -0.15) is 0 Å². The molecule has 1 aliphatic rings. The van der Waals surface area contributed by atoms with Crippen molar-refractivity contribution in [2.24, 2.45) is 0 Å². The van der Waals surface area contributed by atoms with Gasteiger partial charge >= 0.3 is 5.97 Å². The number of nitrogens with one attached hydrogen (secondary N) is 1. The van der Waals surface area contributed by atoms with Crippen LogP contribution in [0.3, 0.4) is 0 Å². The lowest BCUT2D eigenvalue weighted by Crippen LogP contribution is -2.46. The first-order valence-electron chi connectivity index (χ1n) is 10.9. The van der Waals surface area contributed by atoms with E-state index in [1.165, 1.54) is 12.7 Å². The van der Waals surface area contributed by atoms with Crippen molar-refractivity contribution in [3.05, 3.63) is 92.9 Å². The highest BCUT2D eigenvalue weighted by molar-refractivity contribution is 9.10. The first-order chi connectivity index (χ1) is 16.4. The maximum Gasteiger partial charge on any atom is 0.337 e. The van der Waals surface area contributed by atoms with E-state index in [9.17, 15) is 9.59 Å². The Balaban J connectivity index is 1.54. The molecule has 0 radical (unpaired) electrons. The van der Waals surface area contributed by atoms with Crippen LogP contribution < -0.4 is 10.2 Å². The quantitative estimate of drug-likeness (QED) is 0.419. The number of anilines is 2. The molecule has 0 bridgehead atoms. The zero-order chi connectivity index (χ0) is 24.1. The molecule has 1 saturated heterocycles. The van der Waals surface area contributed by atoms with Crippen molar-refractivity contribution in [1.82, 2.24) is 4.90 Å². The minimum absolute atomic E-state index is 0.346. The number of carbonyl (C=O) groups excluding carboxylic acids is 2. The van der Waals surface area contributed by atoms with Crippen LogP contribution in [0.25, 0.3) is 0 Å². The Kier molecular flexibility index (Phi) is 7.88. The van der Waals surface area contributed by atoms with Gasteiger partial charge in [-0.25, -0.2) is 4.79 Å². The molecule has 8 heteroatoms. The van der Waals surface area contributed by atoms with Gasteiger partial charge in [-0.3, -0.25) is 9.69 Å². The van der Waals surface area contributed by atoms with Gasteiger partial charge in [-0.1, -0.05) is 57.9 Å². The van der Waals surface area contributed by atoms with Gasteiger partial charge in [-0.05, 0) is 42.0 Å². The van der Waals surface area contributed by atoms with Crippen LogP contribution in [0.1, 0.15) is 26.3 Å². The molecule has 1 heterocycles. The molecule has 1 N–H and O–H groups in total. The smallest absolute Gasteiger partial charge is 0.337 e. The maximum absolute atomic E-state index is 13.1. The van der Waals surface area contributed by atoms with Crippen LogP contribution in [-0.2, 0) is 11.3 Å². The molecular formula is C26H25BrClN3O3. The van der Waals surface area contributed by atoms with E-state index in [0.717, 1.165) is 42.9 Å². The monoisotopic (exact) mass is 541 g/mol. The SMILES string of the molecule is COC(=O)c1ccc(N2CCN(Cc3ccccc3)CC2)c(NC(=O)c2cc(Br)ccc2Cl)c1. The summed E-state index contributed by atoms with van der Waals surface area (Å²) in [7, 11) is 1.34. The highest BCUT2D eigenvalue weighted by atomic mass is 79.9. The number of hydrogen-bond donors (Lipinski definition) is 1. The van der Waals surface area contributed by atoms with Crippen molar-refractivity contribution in [2.75, 3.05) is 43.5 Å². The minimum atomic E-state index is -0.463. The Morgan fingerprint density at radius 1 is 1.00 bits per heavy atom. The molecule has 4 rings (SSSR count). The Hall–Kier alpha value is -2.87. The lowest BCUT2D eigenvalue weighted by Gasteiger charge is -2.37. The summed E-state index contributed by atoms with van der Waals surface area (Å²) in [6.45, 7) is 4.27. The fourth-order valence-corrected chi connectivity index (χ4v) is 4.57. The molecule has 34 heavy (non-hydrogen) atoms. The van der Waals surface area contributed by atoms with E-state index < -0.39 is 5.97 Å². The van der Waals surface area contributed by atoms with Gasteiger partial charge in [0.05, 0.1) is 34.6 Å². The van der Waals surface area contributed by atoms with E-state index in [2.05, 4.69) is 55.3 Å². The van der Waals surface area contributed by atoms with Gasteiger partial charge in [0.1, 0.15) is 0 Å². The number of piperazine rings is 1. The number of nitrogens with zero attached hydrogens (tertiary/aromatic N) is 2. The summed E-state index contributed by atoms with van der Waals surface area (Å²) >= 11 is 9.64. The van der Waals surface area contributed by atoms with Gasteiger partial charge in [-0.15, -0.1) is 0 Å². The van der Waals surface area contributed by atoms with Gasteiger partial charge in [0, 0.05) is 37.2 Å². The van der Waals surface area contributed by atoms with Crippen LogP contribution in [0.5, 0.6) is 0 Å². The van der Waals surface area contributed by atoms with Crippen LogP contribution in [-0.4, -0.2) is 50.1 Å². The zero-order valence-electron chi connectivity index (χ0n) is 18.8. The average Bonchev–Trinajstić information content (AvgIpc) is 2.86. The third-order valence-corrected chi connectivity index (χ3v) is 6.62. The number of halogens is 2. The van der Waals surface area contributed by atoms with Crippen LogP contribution in [0.15, 0.2) is 71.2 Å². The number of ether oxygens (including phenoxy) is 1. The molecule has 0 atom stereocenters. The van der Waals surface area contributed by atoms with Crippen molar-refractivity contribution in [3.8, 4) is 0 Å². The fraction of sp³-hybridized carbons (Fsp3) is 0.231. The largest absolute Gasteiger partial charge is 0.465 e. The highest BCUT2D eigenvalue weighted by Crippen LogP contribution is 2.30. The summed E-state index contributed by atoms with van der Waals surface area (Å²) in [5.41, 5.74) is 3.40. The summed E-state index contributed by atoms with van der Waals surface area (Å²) in [6, 6.07) is 20.8. The molecule has 176 valence electrons. The molecule has 3 aromatic carbocycles. The van der Waals surface area contributed by atoms with Crippen LogP contribution in [0, 0.1) is 0 Å². The molecule has 1 aliphatic heterocycles. The Labute approximate surface area is 212 Å². The van der Waals surface area contributed by atoms with Crippen molar-refractivity contribution in [2.45, 2.75) is 6.54 Å². The number of methoxy groups -OCH3 is 1. The van der Waals surface area contributed by atoms with Gasteiger partial charge < -0.3 is 15.0 Å². The van der Waals surface area contributed by atoms with E-state index in [1.54, 1.807) is 30.3 Å². The third-order valence-electron chi connectivity index (χ3n) is 5.80. The number of benzene rings is 3. The van der Waals surface area contributed by atoms with E-state index >= 15 is 0 Å². The zero-order valence-corrected chi connectivity index (χ0v) is 21.1. The van der Waals surface area contributed by atoms with Crippen LogP contribution >= 0.6 is 27.5 Å². The molecule has 0 unspecified atom stereocenters. The molecule has 0 spiro atoms. The van der Waals surface area contributed by atoms with Gasteiger partial charge in [0.2, 0.25) is 0 Å². The molecule has 0 aromatic heterocycles. The molecule has 1 fully saturated rings. The minimum Gasteiger partial charge on any atom is -0.465 e. The second-order valence-electron chi connectivity index (χ2n) is 8.05. The van der Waals surface area contributed by atoms with E-state index in [-0.39, 0.29) is 5.91 Å². The fourth-order valence-electron chi connectivity index (χ4n) is 4.01. The summed E-state index contributed by atoms with van der Waals surface area (Å²) in [4.78, 5) is 29.8.